The van der Waals surface area contributed by atoms with Crippen LogP contribution in [0.2, 0.25) is 0 Å². The second-order valence-corrected chi connectivity index (χ2v) is 3.97. The van der Waals surface area contributed by atoms with Gasteiger partial charge in [-0.1, -0.05) is 6.92 Å². The molecule has 18 heavy (non-hydrogen) atoms. The minimum Gasteiger partial charge on any atom is -0.496 e. The predicted molar refractivity (Wildman–Crippen MR) is 73.8 cm³/mol. The van der Waals surface area contributed by atoms with Crippen LogP contribution in [0.5, 0.6) is 11.5 Å². The van der Waals surface area contributed by atoms with Gasteiger partial charge >= 0.3 is 0 Å². The summed E-state index contributed by atoms with van der Waals surface area (Å²) in [4.78, 5) is 4.63. The van der Waals surface area contributed by atoms with Gasteiger partial charge in [-0.05, 0) is 30.2 Å². The molecule has 1 N–H and O–H groups in total. The monoisotopic (exact) mass is 246 g/mol. The van der Waals surface area contributed by atoms with Crippen molar-refractivity contribution in [2.24, 2.45) is 0 Å². The van der Waals surface area contributed by atoms with Crippen LogP contribution in [-0.2, 0) is 6.42 Å². The van der Waals surface area contributed by atoms with E-state index in [2.05, 4.69) is 23.3 Å². The third kappa shape index (κ3) is 1.94. The molecule has 1 aromatic heterocycles. The van der Waals surface area contributed by atoms with Crippen LogP contribution in [-0.4, -0.2) is 26.3 Å². The van der Waals surface area contributed by atoms with E-state index >= 15 is 0 Å². The highest BCUT2D eigenvalue weighted by atomic mass is 16.5. The van der Waals surface area contributed by atoms with E-state index < -0.39 is 0 Å². The number of aromatic nitrogens is 1. The molecule has 1 heterocycles. The summed E-state index contributed by atoms with van der Waals surface area (Å²) in [6.45, 7) is 2.11. The third-order valence-electron chi connectivity index (χ3n) is 3.04. The van der Waals surface area contributed by atoms with Crippen LogP contribution >= 0.6 is 0 Å². The highest BCUT2D eigenvalue weighted by Crippen LogP contribution is 2.34. The lowest BCUT2D eigenvalue weighted by Crippen LogP contribution is -2.00. The standard InChI is InChI=1S/C14H18N2O2/c1-5-9-8-10-11(17-3)6-7-12(18-4)13(10)16-14(9)15-2/h6-8H,5H2,1-4H3,(H,15,16). The number of rotatable bonds is 4. The number of hydrogen-bond acceptors (Lipinski definition) is 4. The molecule has 0 spiro atoms. The maximum atomic E-state index is 5.38. The second-order valence-electron chi connectivity index (χ2n) is 3.97. The molecule has 0 saturated heterocycles. The molecule has 0 radical (unpaired) electrons. The Morgan fingerprint density at radius 2 is 1.83 bits per heavy atom. The molecule has 0 bridgehead atoms. The maximum Gasteiger partial charge on any atom is 0.145 e. The van der Waals surface area contributed by atoms with Crippen LogP contribution in [0.1, 0.15) is 12.5 Å². The molecular weight excluding hydrogens is 228 g/mol. The Hall–Kier alpha value is -1.97. The normalized spacial score (nSPS) is 10.4. The number of anilines is 1. The average molecular weight is 246 g/mol. The van der Waals surface area contributed by atoms with Gasteiger partial charge in [-0.15, -0.1) is 0 Å². The molecule has 0 aliphatic rings. The Kier molecular flexibility index (Phi) is 3.55. The highest BCUT2D eigenvalue weighted by molar-refractivity contribution is 5.92. The average Bonchev–Trinajstić information content (AvgIpc) is 2.44. The van der Waals surface area contributed by atoms with Crippen molar-refractivity contribution in [3.05, 3.63) is 23.8 Å². The van der Waals surface area contributed by atoms with Crippen molar-refractivity contribution in [2.45, 2.75) is 13.3 Å². The van der Waals surface area contributed by atoms with Crippen molar-refractivity contribution in [1.29, 1.82) is 0 Å². The fraction of sp³-hybridized carbons (Fsp3) is 0.357. The van der Waals surface area contributed by atoms with E-state index in [0.29, 0.717) is 0 Å². The Morgan fingerprint density at radius 1 is 1.17 bits per heavy atom. The lowest BCUT2D eigenvalue weighted by atomic mass is 10.1. The fourth-order valence-corrected chi connectivity index (χ4v) is 2.08. The molecule has 2 aromatic rings. The van der Waals surface area contributed by atoms with Gasteiger partial charge in [0, 0.05) is 12.4 Å². The number of hydrogen-bond donors (Lipinski definition) is 1. The molecule has 1 aromatic carbocycles. The minimum atomic E-state index is 0.755. The molecule has 0 aliphatic carbocycles. The molecule has 0 aliphatic heterocycles. The summed E-state index contributed by atoms with van der Waals surface area (Å²) >= 11 is 0. The van der Waals surface area contributed by atoms with Gasteiger partial charge < -0.3 is 14.8 Å². The zero-order valence-electron chi connectivity index (χ0n) is 11.2. The maximum absolute atomic E-state index is 5.38. The van der Waals surface area contributed by atoms with Gasteiger partial charge in [0.1, 0.15) is 22.8 Å². The summed E-state index contributed by atoms with van der Waals surface area (Å²) in [6.07, 6.45) is 0.916. The Morgan fingerprint density at radius 3 is 2.39 bits per heavy atom. The Bertz CT molecular complexity index is 517. The van der Waals surface area contributed by atoms with Gasteiger partial charge in [-0.3, -0.25) is 0 Å². The van der Waals surface area contributed by atoms with Crippen LogP contribution in [0.15, 0.2) is 18.2 Å². The topological polar surface area (TPSA) is 43.4 Å². The molecule has 0 saturated carbocycles. The van der Waals surface area contributed by atoms with E-state index in [1.807, 2.05) is 19.2 Å². The summed E-state index contributed by atoms with van der Waals surface area (Å²) in [5.74, 6) is 2.46. The van der Waals surface area contributed by atoms with E-state index in [1.165, 1.54) is 0 Å². The lowest BCUT2D eigenvalue weighted by Gasteiger charge is -2.13. The van der Waals surface area contributed by atoms with Crippen molar-refractivity contribution in [3.63, 3.8) is 0 Å². The van der Waals surface area contributed by atoms with Crippen LogP contribution in [0.3, 0.4) is 0 Å². The number of fused-ring (bicyclic) bond motifs is 1. The zero-order valence-corrected chi connectivity index (χ0v) is 11.2. The molecule has 0 atom stereocenters. The number of nitrogens with one attached hydrogen (secondary N) is 1. The molecule has 0 amide bonds. The van der Waals surface area contributed by atoms with E-state index in [4.69, 9.17) is 9.47 Å². The van der Waals surface area contributed by atoms with Crippen molar-refractivity contribution in [3.8, 4) is 11.5 Å². The lowest BCUT2D eigenvalue weighted by molar-refractivity contribution is 0.410. The summed E-state index contributed by atoms with van der Waals surface area (Å²) in [7, 11) is 5.19. The van der Waals surface area contributed by atoms with Gasteiger partial charge in [-0.2, -0.15) is 0 Å². The van der Waals surface area contributed by atoms with E-state index in [0.717, 1.165) is 40.2 Å². The number of aryl methyl sites for hydroxylation is 1. The van der Waals surface area contributed by atoms with Crippen LogP contribution in [0, 0.1) is 0 Å². The quantitative estimate of drug-likeness (QED) is 0.900. The van der Waals surface area contributed by atoms with E-state index in [-0.39, 0.29) is 0 Å². The minimum absolute atomic E-state index is 0.755. The van der Waals surface area contributed by atoms with Crippen molar-refractivity contribution < 1.29 is 9.47 Å². The summed E-state index contributed by atoms with van der Waals surface area (Å²) in [6, 6.07) is 5.88. The summed E-state index contributed by atoms with van der Waals surface area (Å²) in [5.41, 5.74) is 1.98. The van der Waals surface area contributed by atoms with E-state index in [1.54, 1.807) is 14.2 Å². The summed E-state index contributed by atoms with van der Waals surface area (Å²) < 4.78 is 10.7. The van der Waals surface area contributed by atoms with Crippen molar-refractivity contribution in [1.82, 2.24) is 4.98 Å². The largest absolute Gasteiger partial charge is 0.496 e. The predicted octanol–water partition coefficient (Wildman–Crippen LogP) is 2.86. The molecule has 0 unspecified atom stereocenters. The van der Waals surface area contributed by atoms with Gasteiger partial charge in [0.05, 0.1) is 14.2 Å². The third-order valence-corrected chi connectivity index (χ3v) is 3.04. The summed E-state index contributed by atoms with van der Waals surface area (Å²) in [5, 5.41) is 4.10. The molecule has 4 nitrogen and oxygen atoms in total. The van der Waals surface area contributed by atoms with Crippen LogP contribution in [0.4, 0.5) is 5.82 Å². The number of nitrogens with zero attached hydrogens (tertiary/aromatic N) is 1. The second kappa shape index (κ2) is 5.12. The van der Waals surface area contributed by atoms with Gasteiger partial charge in [0.2, 0.25) is 0 Å². The molecule has 0 fully saturated rings. The first-order valence-electron chi connectivity index (χ1n) is 5.97. The number of methoxy groups -OCH3 is 2. The number of ether oxygens (including phenoxy) is 2. The Labute approximate surface area is 107 Å². The van der Waals surface area contributed by atoms with E-state index in [9.17, 15) is 0 Å². The molecule has 4 heteroatoms. The number of pyridine rings is 1. The van der Waals surface area contributed by atoms with Crippen molar-refractivity contribution in [2.75, 3.05) is 26.6 Å². The fourth-order valence-electron chi connectivity index (χ4n) is 2.08. The number of benzene rings is 1. The Balaban J connectivity index is 2.80. The van der Waals surface area contributed by atoms with Crippen LogP contribution in [0.25, 0.3) is 10.9 Å². The molecule has 96 valence electrons. The molecular formula is C14H18N2O2. The molecule has 2 rings (SSSR count). The zero-order chi connectivity index (χ0) is 13.1. The van der Waals surface area contributed by atoms with Crippen LogP contribution < -0.4 is 14.8 Å². The SMILES string of the molecule is CCc1cc2c(OC)ccc(OC)c2nc1NC. The van der Waals surface area contributed by atoms with Gasteiger partial charge in [-0.25, -0.2) is 4.98 Å². The first kappa shape index (κ1) is 12.5. The first-order chi connectivity index (χ1) is 8.74. The van der Waals surface area contributed by atoms with Gasteiger partial charge in [0.25, 0.3) is 0 Å². The first-order valence-corrected chi connectivity index (χ1v) is 5.97. The van der Waals surface area contributed by atoms with Crippen molar-refractivity contribution >= 4 is 16.7 Å². The van der Waals surface area contributed by atoms with Gasteiger partial charge in [0.15, 0.2) is 0 Å². The highest BCUT2D eigenvalue weighted by Gasteiger charge is 2.12. The smallest absolute Gasteiger partial charge is 0.145 e.